The van der Waals surface area contributed by atoms with Gasteiger partial charge in [-0.3, -0.25) is 0 Å². The summed E-state index contributed by atoms with van der Waals surface area (Å²) in [5.41, 5.74) is 0.968. The molecule has 3 rings (SSSR count). The van der Waals surface area contributed by atoms with Gasteiger partial charge < -0.3 is 5.32 Å². The zero-order valence-corrected chi connectivity index (χ0v) is 14.5. The van der Waals surface area contributed by atoms with Gasteiger partial charge in [-0.15, -0.1) is 0 Å². The van der Waals surface area contributed by atoms with Crippen LogP contribution in [0.25, 0.3) is 0 Å². The average Bonchev–Trinajstić information content (AvgIpc) is 3.30. The highest BCUT2D eigenvalue weighted by Crippen LogP contribution is 2.45. The molecular weight excluding hydrogens is 352 g/mol. The summed E-state index contributed by atoms with van der Waals surface area (Å²) in [6.45, 7) is 0.657. The molecule has 2 aliphatic carbocycles. The molecule has 1 aromatic rings. The van der Waals surface area contributed by atoms with Crippen molar-refractivity contribution in [3.05, 3.63) is 28.2 Å². The van der Waals surface area contributed by atoms with Crippen molar-refractivity contribution in [2.75, 3.05) is 7.05 Å². The second-order valence-corrected chi connectivity index (χ2v) is 8.65. The first kappa shape index (κ1) is 15.5. The number of hydrogen-bond donors (Lipinski definition) is 2. The van der Waals surface area contributed by atoms with E-state index in [0.717, 1.165) is 31.2 Å². The molecule has 0 heterocycles. The molecule has 0 aliphatic heterocycles. The summed E-state index contributed by atoms with van der Waals surface area (Å²) < 4.78 is 29.0. The van der Waals surface area contributed by atoms with Gasteiger partial charge in [0.1, 0.15) is 0 Å². The van der Waals surface area contributed by atoms with Gasteiger partial charge in [0.25, 0.3) is 0 Å². The van der Waals surface area contributed by atoms with Crippen LogP contribution in [0.1, 0.15) is 31.2 Å². The molecule has 0 spiro atoms. The van der Waals surface area contributed by atoms with E-state index in [9.17, 15) is 8.42 Å². The van der Waals surface area contributed by atoms with Gasteiger partial charge in [-0.25, -0.2) is 13.1 Å². The highest BCUT2D eigenvalue weighted by Gasteiger charge is 2.43. The molecule has 0 aromatic heterocycles. The smallest absolute Gasteiger partial charge is 0.241 e. The first-order chi connectivity index (χ1) is 10.0. The lowest BCUT2D eigenvalue weighted by Gasteiger charge is -2.18. The quantitative estimate of drug-likeness (QED) is 0.773. The van der Waals surface area contributed by atoms with Crippen molar-refractivity contribution in [1.29, 1.82) is 0 Å². The van der Waals surface area contributed by atoms with Gasteiger partial charge in [0.05, 0.1) is 4.90 Å². The van der Waals surface area contributed by atoms with Crippen LogP contribution in [0.2, 0.25) is 0 Å². The van der Waals surface area contributed by atoms with Crippen LogP contribution in [0.3, 0.4) is 0 Å². The van der Waals surface area contributed by atoms with E-state index in [1.54, 1.807) is 6.07 Å². The maximum absolute atomic E-state index is 12.7. The van der Waals surface area contributed by atoms with E-state index in [4.69, 9.17) is 0 Å². The van der Waals surface area contributed by atoms with E-state index < -0.39 is 10.0 Å². The maximum atomic E-state index is 12.7. The van der Waals surface area contributed by atoms with E-state index in [1.807, 2.05) is 19.2 Å². The molecule has 0 atom stereocenters. The van der Waals surface area contributed by atoms with E-state index in [1.165, 1.54) is 0 Å². The highest BCUT2D eigenvalue weighted by molar-refractivity contribution is 9.10. The Morgan fingerprint density at radius 2 is 1.86 bits per heavy atom. The summed E-state index contributed by atoms with van der Waals surface area (Å²) >= 11 is 3.37. The largest absolute Gasteiger partial charge is 0.316 e. The summed E-state index contributed by atoms with van der Waals surface area (Å²) in [6.07, 6.45) is 4.63. The van der Waals surface area contributed by atoms with Gasteiger partial charge in [-0.2, -0.15) is 0 Å². The first-order valence-corrected chi connectivity index (χ1v) is 9.74. The molecule has 6 heteroatoms. The van der Waals surface area contributed by atoms with Crippen molar-refractivity contribution in [1.82, 2.24) is 10.0 Å². The van der Waals surface area contributed by atoms with Crippen molar-refractivity contribution < 1.29 is 8.42 Å². The number of benzene rings is 1. The van der Waals surface area contributed by atoms with E-state index in [-0.39, 0.29) is 6.04 Å². The first-order valence-electron chi connectivity index (χ1n) is 7.46. The molecule has 21 heavy (non-hydrogen) atoms. The fourth-order valence-corrected chi connectivity index (χ4v) is 5.19. The van der Waals surface area contributed by atoms with Gasteiger partial charge >= 0.3 is 0 Å². The predicted molar refractivity (Wildman–Crippen MR) is 86.5 cm³/mol. The SMILES string of the molecule is CNCc1ccc(Br)c(S(=O)(=O)NC(C2CC2)C2CC2)c1. The lowest BCUT2D eigenvalue weighted by molar-refractivity contribution is 0.471. The molecule has 2 saturated carbocycles. The lowest BCUT2D eigenvalue weighted by Crippen LogP contribution is -2.38. The fraction of sp³-hybridized carbons (Fsp3) is 0.600. The van der Waals surface area contributed by atoms with Gasteiger partial charge in [0.15, 0.2) is 0 Å². The van der Waals surface area contributed by atoms with E-state index in [2.05, 4.69) is 26.0 Å². The number of sulfonamides is 1. The van der Waals surface area contributed by atoms with Crippen molar-refractivity contribution in [2.24, 2.45) is 11.8 Å². The Morgan fingerprint density at radius 1 is 1.24 bits per heavy atom. The van der Waals surface area contributed by atoms with Crippen molar-refractivity contribution in [2.45, 2.75) is 43.2 Å². The fourth-order valence-electron chi connectivity index (χ4n) is 2.80. The molecule has 0 amide bonds. The summed E-state index contributed by atoms with van der Waals surface area (Å²) in [4.78, 5) is 0.349. The lowest BCUT2D eigenvalue weighted by atomic mass is 10.1. The van der Waals surface area contributed by atoms with Crippen LogP contribution in [0.4, 0.5) is 0 Å². The standard InChI is InChI=1S/C15H21BrN2O2S/c1-17-9-10-2-7-13(16)14(8-10)21(19,20)18-15(11-3-4-11)12-5-6-12/h2,7-8,11-12,15,17-18H,3-6,9H2,1H3. The molecule has 0 unspecified atom stereocenters. The molecule has 0 radical (unpaired) electrons. The third kappa shape index (κ3) is 3.67. The molecule has 1 aromatic carbocycles. The molecule has 4 nitrogen and oxygen atoms in total. The highest BCUT2D eigenvalue weighted by atomic mass is 79.9. The van der Waals surface area contributed by atoms with E-state index in [0.29, 0.717) is 27.7 Å². The molecule has 2 aliphatic rings. The minimum absolute atomic E-state index is 0.134. The Kier molecular flexibility index (Phi) is 4.41. The molecule has 2 N–H and O–H groups in total. The third-order valence-electron chi connectivity index (χ3n) is 4.22. The zero-order valence-electron chi connectivity index (χ0n) is 12.1. The molecule has 2 fully saturated rings. The second kappa shape index (κ2) is 5.99. The minimum Gasteiger partial charge on any atom is -0.316 e. The Balaban J connectivity index is 1.84. The minimum atomic E-state index is -3.47. The van der Waals surface area contributed by atoms with Gasteiger partial charge in [0, 0.05) is 17.1 Å². The second-order valence-electron chi connectivity index (χ2n) is 6.12. The third-order valence-corrected chi connectivity index (χ3v) is 6.67. The van der Waals surface area contributed by atoms with Crippen LogP contribution < -0.4 is 10.0 Å². The predicted octanol–water partition coefficient (Wildman–Crippen LogP) is 2.64. The molecule has 116 valence electrons. The van der Waals surface area contributed by atoms with Crippen LogP contribution in [0.15, 0.2) is 27.6 Å². The van der Waals surface area contributed by atoms with Crippen molar-refractivity contribution in [3.8, 4) is 0 Å². The monoisotopic (exact) mass is 372 g/mol. The van der Waals surface area contributed by atoms with Crippen LogP contribution in [0.5, 0.6) is 0 Å². The number of rotatable bonds is 7. The normalized spacial score (nSPS) is 19.2. The van der Waals surface area contributed by atoms with E-state index >= 15 is 0 Å². The Hall–Kier alpha value is -0.430. The number of halogens is 1. The molecule has 0 bridgehead atoms. The number of nitrogens with one attached hydrogen (secondary N) is 2. The Bertz CT molecular complexity index is 613. The van der Waals surface area contributed by atoms with Gasteiger partial charge in [0.2, 0.25) is 10.0 Å². The van der Waals surface area contributed by atoms with Gasteiger partial charge in [-0.05, 0) is 78.2 Å². The zero-order chi connectivity index (χ0) is 15.0. The Labute approximate surface area is 134 Å². The van der Waals surface area contributed by atoms with Crippen LogP contribution in [-0.4, -0.2) is 21.5 Å². The van der Waals surface area contributed by atoms with Crippen LogP contribution in [-0.2, 0) is 16.6 Å². The molecule has 0 saturated heterocycles. The van der Waals surface area contributed by atoms with Gasteiger partial charge in [-0.1, -0.05) is 6.07 Å². The van der Waals surface area contributed by atoms with Crippen molar-refractivity contribution in [3.63, 3.8) is 0 Å². The summed E-state index contributed by atoms with van der Waals surface area (Å²) in [5.74, 6) is 1.10. The average molecular weight is 373 g/mol. The Morgan fingerprint density at radius 3 is 2.38 bits per heavy atom. The summed E-state index contributed by atoms with van der Waals surface area (Å²) in [5, 5.41) is 3.05. The summed E-state index contributed by atoms with van der Waals surface area (Å²) in [6, 6.07) is 5.62. The van der Waals surface area contributed by atoms with Crippen LogP contribution in [0, 0.1) is 11.8 Å². The number of hydrogen-bond acceptors (Lipinski definition) is 3. The summed E-state index contributed by atoms with van der Waals surface area (Å²) in [7, 11) is -1.61. The van der Waals surface area contributed by atoms with Crippen LogP contribution >= 0.6 is 15.9 Å². The topological polar surface area (TPSA) is 58.2 Å². The van der Waals surface area contributed by atoms with Crippen molar-refractivity contribution >= 4 is 26.0 Å². The maximum Gasteiger partial charge on any atom is 0.241 e. The molecular formula is C15H21BrN2O2S.